The van der Waals surface area contributed by atoms with Crippen molar-refractivity contribution in [3.05, 3.63) is 29.8 Å². The summed E-state index contributed by atoms with van der Waals surface area (Å²) in [5.74, 6) is 0.799. The number of rotatable bonds is 7. The zero-order valence-electron chi connectivity index (χ0n) is 11.5. The Morgan fingerprint density at radius 3 is 2.50 bits per heavy atom. The van der Waals surface area contributed by atoms with E-state index in [1.54, 1.807) is 12.1 Å². The van der Waals surface area contributed by atoms with Crippen molar-refractivity contribution in [3.63, 3.8) is 0 Å². The normalized spacial score (nSPS) is 11.9. The third kappa shape index (κ3) is 4.78. The van der Waals surface area contributed by atoms with Crippen LogP contribution in [0.25, 0.3) is 0 Å². The number of carbonyl (C=O) groups excluding carboxylic acids is 1. The van der Waals surface area contributed by atoms with Crippen molar-refractivity contribution < 1.29 is 11.0 Å². The fourth-order valence-corrected chi connectivity index (χ4v) is 1.72. The van der Waals surface area contributed by atoms with Crippen molar-refractivity contribution >= 4 is 5.91 Å². The first-order valence-electron chi connectivity index (χ1n) is 6.72. The summed E-state index contributed by atoms with van der Waals surface area (Å²) >= 11 is 0. The molecule has 0 aliphatic carbocycles. The molecule has 3 heteroatoms. The highest BCUT2D eigenvalue weighted by Crippen LogP contribution is 2.15. The number of carbonyl (C=O) groups is 1. The van der Waals surface area contributed by atoms with Gasteiger partial charge in [0.2, 0.25) is 0 Å². The minimum Gasteiger partial charge on any atom is -0.491 e. The monoisotopic (exact) mass is 251 g/mol. The largest absolute Gasteiger partial charge is 0.491 e. The van der Waals surface area contributed by atoms with E-state index in [9.17, 15) is 4.79 Å². The Balaban J connectivity index is 0.00000324. The molecule has 1 N–H and O–H groups in total. The Morgan fingerprint density at radius 1 is 1.28 bits per heavy atom. The molecule has 0 saturated carbocycles. The molecule has 1 unspecified atom stereocenters. The van der Waals surface area contributed by atoms with Gasteiger partial charge in [0.15, 0.2) is 0 Å². The average molecular weight is 251 g/mol. The first kappa shape index (κ1) is 14.6. The number of benzene rings is 1. The van der Waals surface area contributed by atoms with E-state index in [-0.39, 0.29) is 13.4 Å². The maximum Gasteiger partial charge on any atom is 0.251 e. The predicted molar refractivity (Wildman–Crippen MR) is 76.2 cm³/mol. The van der Waals surface area contributed by atoms with E-state index in [1.165, 1.54) is 0 Å². The van der Waals surface area contributed by atoms with Gasteiger partial charge in [0.25, 0.3) is 5.91 Å². The van der Waals surface area contributed by atoms with E-state index in [4.69, 9.17) is 4.74 Å². The third-order valence-corrected chi connectivity index (χ3v) is 2.68. The summed E-state index contributed by atoms with van der Waals surface area (Å²) in [5.41, 5.74) is 0.680. The molecule has 0 radical (unpaired) electrons. The fourth-order valence-electron chi connectivity index (χ4n) is 1.72. The lowest BCUT2D eigenvalue weighted by Crippen LogP contribution is -2.23. The number of hydrogen-bond acceptors (Lipinski definition) is 2. The van der Waals surface area contributed by atoms with Crippen molar-refractivity contribution in [2.75, 3.05) is 6.54 Å². The van der Waals surface area contributed by atoms with Crippen LogP contribution < -0.4 is 10.1 Å². The fraction of sp³-hybridized carbons (Fsp3) is 0.533. The predicted octanol–water partition coefficient (Wildman–Crippen LogP) is 3.64. The van der Waals surface area contributed by atoms with Crippen molar-refractivity contribution in [1.82, 2.24) is 5.32 Å². The highest BCUT2D eigenvalue weighted by molar-refractivity contribution is 5.94. The third-order valence-electron chi connectivity index (χ3n) is 2.68. The van der Waals surface area contributed by atoms with Gasteiger partial charge in [-0.2, -0.15) is 0 Å². The lowest BCUT2D eigenvalue weighted by atomic mass is 10.2. The SMILES string of the molecule is CCCNC(=O)c1ccc(OC(C)CCC)cc1.[HH]. The molecule has 0 spiro atoms. The second-order valence-electron chi connectivity index (χ2n) is 4.50. The molecule has 0 heterocycles. The molecule has 0 aliphatic rings. The molecule has 102 valence electrons. The zero-order chi connectivity index (χ0) is 13.4. The van der Waals surface area contributed by atoms with Crippen LogP contribution in [-0.4, -0.2) is 18.6 Å². The highest BCUT2D eigenvalue weighted by atomic mass is 16.5. The Labute approximate surface area is 111 Å². The van der Waals surface area contributed by atoms with Gasteiger partial charge >= 0.3 is 0 Å². The number of nitrogens with one attached hydrogen (secondary N) is 1. The summed E-state index contributed by atoms with van der Waals surface area (Å²) in [6.45, 7) is 6.95. The molecule has 1 amide bonds. The van der Waals surface area contributed by atoms with E-state index in [0.29, 0.717) is 12.1 Å². The number of ether oxygens (including phenoxy) is 1. The molecule has 1 atom stereocenters. The molecule has 1 rings (SSSR count). The molecule has 0 saturated heterocycles. The van der Waals surface area contributed by atoms with Gasteiger partial charge in [0, 0.05) is 13.5 Å². The molecule has 0 aromatic heterocycles. The average Bonchev–Trinajstić information content (AvgIpc) is 2.37. The molecular weight excluding hydrogens is 226 g/mol. The van der Waals surface area contributed by atoms with Crippen molar-refractivity contribution in [2.45, 2.75) is 46.1 Å². The molecular formula is C15H25NO2. The summed E-state index contributed by atoms with van der Waals surface area (Å²) in [7, 11) is 0. The molecule has 0 fully saturated rings. The molecule has 0 bridgehead atoms. The zero-order valence-corrected chi connectivity index (χ0v) is 11.5. The summed E-state index contributed by atoms with van der Waals surface area (Å²) < 4.78 is 5.74. The summed E-state index contributed by atoms with van der Waals surface area (Å²) in [5, 5.41) is 2.85. The Bertz CT molecular complexity index is 365. The lowest BCUT2D eigenvalue weighted by Gasteiger charge is -2.13. The minimum atomic E-state index is -0.0231. The first-order chi connectivity index (χ1) is 8.67. The Kier molecular flexibility index (Phi) is 6.26. The summed E-state index contributed by atoms with van der Waals surface area (Å²) in [6, 6.07) is 7.32. The molecule has 3 nitrogen and oxygen atoms in total. The molecule has 0 aliphatic heterocycles. The van der Waals surface area contributed by atoms with Gasteiger partial charge in [-0.25, -0.2) is 0 Å². The van der Waals surface area contributed by atoms with Crippen LogP contribution in [0.1, 0.15) is 51.8 Å². The second-order valence-corrected chi connectivity index (χ2v) is 4.50. The Hall–Kier alpha value is -1.51. The number of amides is 1. The van der Waals surface area contributed by atoms with E-state index in [0.717, 1.165) is 25.0 Å². The summed E-state index contributed by atoms with van der Waals surface area (Å²) in [6.07, 6.45) is 3.31. The highest BCUT2D eigenvalue weighted by Gasteiger charge is 2.06. The van der Waals surface area contributed by atoms with Crippen LogP contribution in [0.15, 0.2) is 24.3 Å². The second kappa shape index (κ2) is 7.75. The minimum absolute atomic E-state index is 0. The van der Waals surface area contributed by atoms with Gasteiger partial charge in [-0.1, -0.05) is 20.3 Å². The van der Waals surface area contributed by atoms with Crippen molar-refractivity contribution in [2.24, 2.45) is 0 Å². The van der Waals surface area contributed by atoms with Gasteiger partial charge in [-0.3, -0.25) is 4.79 Å². The van der Waals surface area contributed by atoms with Crippen LogP contribution in [0.4, 0.5) is 0 Å². The van der Waals surface area contributed by atoms with E-state index >= 15 is 0 Å². The van der Waals surface area contributed by atoms with E-state index < -0.39 is 0 Å². The summed E-state index contributed by atoms with van der Waals surface area (Å²) in [4.78, 5) is 11.7. The van der Waals surface area contributed by atoms with Crippen LogP contribution in [0.2, 0.25) is 0 Å². The van der Waals surface area contributed by atoms with Crippen molar-refractivity contribution in [1.29, 1.82) is 0 Å². The van der Waals surface area contributed by atoms with Crippen LogP contribution >= 0.6 is 0 Å². The number of hydrogen-bond donors (Lipinski definition) is 1. The maximum atomic E-state index is 11.7. The standard InChI is InChI=1S/C15H23NO2.H2/c1-4-6-12(3)18-14-9-7-13(8-10-14)15(17)16-11-5-2;/h7-10,12H,4-6,11H2,1-3H3,(H,16,17);1H. The molecule has 1 aromatic carbocycles. The maximum absolute atomic E-state index is 11.7. The van der Waals surface area contributed by atoms with Crippen molar-refractivity contribution in [3.8, 4) is 5.75 Å². The first-order valence-corrected chi connectivity index (χ1v) is 6.72. The van der Waals surface area contributed by atoms with E-state index in [1.807, 2.05) is 19.1 Å². The molecule has 1 aromatic rings. The Morgan fingerprint density at radius 2 is 1.94 bits per heavy atom. The molecule has 18 heavy (non-hydrogen) atoms. The topological polar surface area (TPSA) is 38.3 Å². The van der Waals surface area contributed by atoms with E-state index in [2.05, 4.69) is 19.2 Å². The van der Waals surface area contributed by atoms with Crippen LogP contribution in [0, 0.1) is 0 Å². The van der Waals surface area contributed by atoms with Crippen LogP contribution in [0.3, 0.4) is 0 Å². The van der Waals surface area contributed by atoms with Crippen LogP contribution in [-0.2, 0) is 0 Å². The van der Waals surface area contributed by atoms with Crippen LogP contribution in [0.5, 0.6) is 5.75 Å². The van der Waals surface area contributed by atoms with Gasteiger partial charge in [-0.15, -0.1) is 0 Å². The van der Waals surface area contributed by atoms with Gasteiger partial charge in [0.1, 0.15) is 5.75 Å². The van der Waals surface area contributed by atoms with Gasteiger partial charge in [-0.05, 0) is 44.0 Å². The van der Waals surface area contributed by atoms with Gasteiger partial charge < -0.3 is 10.1 Å². The lowest BCUT2D eigenvalue weighted by molar-refractivity contribution is 0.0953. The smallest absolute Gasteiger partial charge is 0.251 e. The quantitative estimate of drug-likeness (QED) is 0.803. The van der Waals surface area contributed by atoms with Gasteiger partial charge in [0.05, 0.1) is 6.10 Å².